The van der Waals surface area contributed by atoms with E-state index in [4.69, 9.17) is 14.2 Å². The molecule has 128 valence electrons. The fraction of sp³-hybridized carbons (Fsp3) is 0.400. The average molecular weight is 334 g/mol. The Morgan fingerprint density at radius 3 is 2.22 bits per heavy atom. The third-order valence-electron chi connectivity index (χ3n) is 2.47. The van der Waals surface area contributed by atoms with Crippen LogP contribution in [0.3, 0.4) is 0 Å². The lowest BCUT2D eigenvalue weighted by molar-refractivity contribution is -0.274. The number of hydrogen-bond acceptors (Lipinski definition) is 5. The second-order valence-corrected chi connectivity index (χ2v) is 4.59. The van der Waals surface area contributed by atoms with Crippen LogP contribution in [-0.2, 0) is 14.3 Å². The average Bonchev–Trinajstić information content (AvgIpc) is 2.44. The molecule has 1 rings (SSSR count). The zero-order valence-electron chi connectivity index (χ0n) is 12.7. The van der Waals surface area contributed by atoms with Crippen molar-refractivity contribution in [3.8, 4) is 11.5 Å². The highest BCUT2D eigenvalue weighted by Crippen LogP contribution is 2.24. The summed E-state index contributed by atoms with van der Waals surface area (Å²) in [6, 6.07) is 4.86. The number of methoxy groups -OCH3 is 1. The number of ether oxygens (including phenoxy) is 4. The van der Waals surface area contributed by atoms with Crippen LogP contribution < -0.4 is 9.47 Å². The summed E-state index contributed by atoms with van der Waals surface area (Å²) in [7, 11) is 1.44. The van der Waals surface area contributed by atoms with E-state index >= 15 is 0 Å². The highest BCUT2D eigenvalue weighted by molar-refractivity contribution is 5.87. The molecular weight excluding hydrogens is 317 g/mol. The van der Waals surface area contributed by atoms with Crippen molar-refractivity contribution in [3.63, 3.8) is 0 Å². The lowest BCUT2D eigenvalue weighted by Gasteiger charge is -2.18. The summed E-state index contributed by atoms with van der Waals surface area (Å²) in [4.78, 5) is 11.5. The van der Waals surface area contributed by atoms with Gasteiger partial charge in [-0.25, -0.2) is 4.79 Å². The molecule has 1 unspecified atom stereocenters. The summed E-state index contributed by atoms with van der Waals surface area (Å²) in [5.74, 6) is -0.636. The third-order valence-corrected chi connectivity index (χ3v) is 2.47. The van der Waals surface area contributed by atoms with Crippen molar-refractivity contribution in [1.29, 1.82) is 0 Å². The van der Waals surface area contributed by atoms with Gasteiger partial charge in [0.15, 0.2) is 6.10 Å². The van der Waals surface area contributed by atoms with Crippen LogP contribution in [0.4, 0.5) is 13.2 Å². The van der Waals surface area contributed by atoms with E-state index in [2.05, 4.69) is 11.3 Å². The fourth-order valence-electron chi connectivity index (χ4n) is 1.48. The maximum absolute atomic E-state index is 12.0. The minimum atomic E-state index is -4.75. The van der Waals surface area contributed by atoms with Crippen molar-refractivity contribution in [1.82, 2.24) is 0 Å². The Balaban J connectivity index is 2.57. The van der Waals surface area contributed by atoms with Crippen LogP contribution in [0.5, 0.6) is 11.5 Å². The van der Waals surface area contributed by atoms with E-state index in [9.17, 15) is 18.0 Å². The molecule has 0 saturated carbocycles. The first kappa shape index (κ1) is 18.8. The molecule has 0 saturated heterocycles. The number of halogens is 3. The van der Waals surface area contributed by atoms with Crippen molar-refractivity contribution in [2.75, 3.05) is 20.3 Å². The highest BCUT2D eigenvalue weighted by atomic mass is 19.4. The maximum atomic E-state index is 12.0. The molecule has 0 bridgehead atoms. The summed E-state index contributed by atoms with van der Waals surface area (Å²) in [6.07, 6.45) is -5.42. The zero-order valence-corrected chi connectivity index (χ0v) is 12.7. The van der Waals surface area contributed by atoms with Gasteiger partial charge >= 0.3 is 12.3 Å². The molecule has 0 amide bonds. The van der Waals surface area contributed by atoms with Gasteiger partial charge in [0.05, 0.1) is 6.61 Å². The topological polar surface area (TPSA) is 54.0 Å². The van der Waals surface area contributed by atoms with E-state index in [1.54, 1.807) is 0 Å². The first-order valence-electron chi connectivity index (χ1n) is 6.55. The number of rotatable bonds is 8. The summed E-state index contributed by atoms with van der Waals surface area (Å²) >= 11 is 0. The molecular formula is C15H17F3O5. The normalized spacial score (nSPS) is 12.4. The van der Waals surface area contributed by atoms with E-state index < -0.39 is 18.4 Å². The van der Waals surface area contributed by atoms with Gasteiger partial charge in [0, 0.05) is 12.7 Å². The van der Waals surface area contributed by atoms with Crippen molar-refractivity contribution in [2.45, 2.75) is 19.4 Å². The van der Waals surface area contributed by atoms with Crippen LogP contribution in [0.15, 0.2) is 36.4 Å². The molecule has 0 aliphatic rings. The molecule has 1 aromatic carbocycles. The number of benzene rings is 1. The Kier molecular flexibility index (Phi) is 6.89. The molecule has 0 spiro atoms. The second-order valence-electron chi connectivity index (χ2n) is 4.59. The van der Waals surface area contributed by atoms with Crippen molar-refractivity contribution >= 4 is 5.97 Å². The maximum Gasteiger partial charge on any atom is 0.573 e. The van der Waals surface area contributed by atoms with E-state index in [0.29, 0.717) is 5.75 Å². The molecule has 0 aliphatic heterocycles. The summed E-state index contributed by atoms with van der Waals surface area (Å²) in [5.41, 5.74) is 0.236. The third kappa shape index (κ3) is 7.55. The molecule has 1 aromatic rings. The number of esters is 1. The van der Waals surface area contributed by atoms with Crippen LogP contribution in [0.25, 0.3) is 0 Å². The molecule has 23 heavy (non-hydrogen) atoms. The van der Waals surface area contributed by atoms with Crippen molar-refractivity contribution in [2.24, 2.45) is 0 Å². The molecule has 1 atom stereocenters. The zero-order chi connectivity index (χ0) is 17.5. The minimum absolute atomic E-state index is 0.0215. The smallest absolute Gasteiger partial charge is 0.490 e. The van der Waals surface area contributed by atoms with Gasteiger partial charge in [-0.15, -0.1) is 13.2 Å². The Hall–Kier alpha value is -2.22. The Bertz CT molecular complexity index is 525. The van der Waals surface area contributed by atoms with Crippen molar-refractivity contribution in [3.05, 3.63) is 36.4 Å². The molecule has 0 N–H and O–H groups in total. The number of hydrogen-bond donors (Lipinski definition) is 0. The van der Waals surface area contributed by atoms with Crippen LogP contribution in [0.2, 0.25) is 0 Å². The Labute approximate surface area is 131 Å². The monoisotopic (exact) mass is 334 g/mol. The van der Waals surface area contributed by atoms with Crippen LogP contribution in [0.1, 0.15) is 6.92 Å². The largest absolute Gasteiger partial charge is 0.573 e. The fourth-order valence-corrected chi connectivity index (χ4v) is 1.48. The number of carbonyl (C=O) groups excluding carboxylic acids is 1. The van der Waals surface area contributed by atoms with Gasteiger partial charge in [0.2, 0.25) is 0 Å². The van der Waals surface area contributed by atoms with Gasteiger partial charge in [-0.1, -0.05) is 6.58 Å². The Morgan fingerprint density at radius 1 is 1.17 bits per heavy atom. The van der Waals surface area contributed by atoms with Crippen LogP contribution >= 0.6 is 0 Å². The lowest BCUT2D eigenvalue weighted by atomic mass is 10.3. The highest BCUT2D eigenvalue weighted by Gasteiger charge is 2.31. The first-order chi connectivity index (χ1) is 10.7. The van der Waals surface area contributed by atoms with Crippen LogP contribution in [0, 0.1) is 0 Å². The van der Waals surface area contributed by atoms with Gasteiger partial charge in [-0.05, 0) is 31.2 Å². The van der Waals surface area contributed by atoms with E-state index in [0.717, 1.165) is 12.1 Å². The second kappa shape index (κ2) is 8.42. The SMILES string of the molecule is C=C(C)C(=O)OC(COC)COc1ccc(OC(F)(F)F)cc1. The minimum Gasteiger partial charge on any atom is -0.490 e. The predicted molar refractivity (Wildman–Crippen MR) is 75.2 cm³/mol. The molecule has 8 heteroatoms. The number of carbonyl (C=O) groups is 1. The first-order valence-corrected chi connectivity index (χ1v) is 6.55. The summed E-state index contributed by atoms with van der Waals surface area (Å²) in [5, 5.41) is 0. The Morgan fingerprint density at radius 2 is 1.74 bits per heavy atom. The molecule has 0 aromatic heterocycles. The van der Waals surface area contributed by atoms with Gasteiger partial charge in [0.1, 0.15) is 18.1 Å². The van der Waals surface area contributed by atoms with Gasteiger partial charge in [0.25, 0.3) is 0 Å². The van der Waals surface area contributed by atoms with E-state index in [1.807, 2.05) is 0 Å². The summed E-state index contributed by atoms with van der Waals surface area (Å²) < 4.78 is 55.3. The molecule has 0 fully saturated rings. The summed E-state index contributed by atoms with van der Waals surface area (Å²) in [6.45, 7) is 5.05. The number of alkyl halides is 3. The molecule has 5 nitrogen and oxygen atoms in total. The van der Waals surface area contributed by atoms with Crippen LogP contribution in [-0.4, -0.2) is 38.8 Å². The standard InChI is InChI=1S/C15H17F3O5/c1-10(2)14(19)22-13(8-20-3)9-21-11-4-6-12(7-5-11)23-15(16,17)18/h4-7,13H,1,8-9H2,2-3H3. The quantitative estimate of drug-likeness (QED) is 0.540. The van der Waals surface area contributed by atoms with E-state index in [-0.39, 0.29) is 24.5 Å². The lowest BCUT2D eigenvalue weighted by Crippen LogP contribution is -2.29. The van der Waals surface area contributed by atoms with Crippen molar-refractivity contribution < 1.29 is 36.9 Å². The molecule has 0 aliphatic carbocycles. The predicted octanol–water partition coefficient (Wildman–Crippen LogP) is 3.10. The van der Waals surface area contributed by atoms with Gasteiger partial charge in [-0.2, -0.15) is 0 Å². The molecule has 0 heterocycles. The molecule has 0 radical (unpaired) electrons. The van der Waals surface area contributed by atoms with E-state index in [1.165, 1.54) is 26.2 Å². The van der Waals surface area contributed by atoms with Gasteiger partial charge < -0.3 is 18.9 Å². The van der Waals surface area contributed by atoms with Gasteiger partial charge in [-0.3, -0.25) is 0 Å².